The Labute approximate surface area is 198 Å². The molecule has 178 valence electrons. The third kappa shape index (κ3) is 4.57. The minimum Gasteiger partial charge on any atom is -0.387 e. The largest absolute Gasteiger partial charge is 0.387 e. The number of ketones is 1. The molecule has 0 bridgehead atoms. The minimum absolute atomic E-state index is 0.0357. The van der Waals surface area contributed by atoms with Gasteiger partial charge >= 0.3 is 0 Å². The van der Waals surface area contributed by atoms with Crippen LogP contribution in [0.5, 0.6) is 0 Å². The monoisotopic (exact) mass is 462 g/mol. The van der Waals surface area contributed by atoms with Crippen LogP contribution in [0.25, 0.3) is 10.9 Å². The molecule has 0 amide bonds. The Balaban J connectivity index is 1.45. The number of benzene rings is 2. The van der Waals surface area contributed by atoms with Crippen LogP contribution in [0.4, 0.5) is 0 Å². The molecule has 1 aromatic heterocycles. The van der Waals surface area contributed by atoms with Gasteiger partial charge in [-0.25, -0.2) is 0 Å². The summed E-state index contributed by atoms with van der Waals surface area (Å²) >= 11 is 0. The van der Waals surface area contributed by atoms with Crippen LogP contribution in [-0.2, 0) is 16.0 Å². The Kier molecular flexibility index (Phi) is 6.36. The molecule has 1 saturated heterocycles. The van der Waals surface area contributed by atoms with Crippen molar-refractivity contribution in [1.29, 1.82) is 0 Å². The molecule has 1 aliphatic carbocycles. The molecule has 5 atom stereocenters. The van der Waals surface area contributed by atoms with Crippen molar-refractivity contribution < 1.29 is 24.9 Å². The first-order valence-electron chi connectivity index (χ1n) is 11.8. The van der Waals surface area contributed by atoms with E-state index in [9.17, 15) is 20.1 Å². The normalized spacial score (nSPS) is 27.5. The quantitative estimate of drug-likeness (QED) is 0.469. The van der Waals surface area contributed by atoms with Crippen LogP contribution >= 0.6 is 0 Å². The van der Waals surface area contributed by atoms with Crippen LogP contribution in [0.3, 0.4) is 0 Å². The van der Waals surface area contributed by atoms with Crippen molar-refractivity contribution in [3.05, 3.63) is 71.4 Å². The Morgan fingerprint density at radius 1 is 1.06 bits per heavy atom. The number of aliphatic imine (C=N–C) groups is 1. The zero-order valence-corrected chi connectivity index (χ0v) is 19.1. The van der Waals surface area contributed by atoms with Gasteiger partial charge in [-0.05, 0) is 54.9 Å². The summed E-state index contributed by atoms with van der Waals surface area (Å²) in [6.45, 7) is 1.38. The number of fused-ring (bicyclic) bond motifs is 1. The highest BCUT2D eigenvalue weighted by molar-refractivity contribution is 5.84. The van der Waals surface area contributed by atoms with E-state index in [1.807, 2.05) is 35.0 Å². The highest BCUT2D eigenvalue weighted by Gasteiger charge is 2.44. The Morgan fingerprint density at radius 3 is 2.50 bits per heavy atom. The van der Waals surface area contributed by atoms with Gasteiger partial charge in [0, 0.05) is 17.8 Å². The van der Waals surface area contributed by atoms with Crippen molar-refractivity contribution in [3.8, 4) is 0 Å². The summed E-state index contributed by atoms with van der Waals surface area (Å²) in [6, 6.07) is 16.6. The number of rotatable bonds is 7. The van der Waals surface area contributed by atoms with Gasteiger partial charge in [0.05, 0.1) is 12.1 Å². The van der Waals surface area contributed by atoms with Gasteiger partial charge in [0.25, 0.3) is 0 Å². The number of Topliss-reactive ketones (excluding diaryl/α,β-unsaturated/α-hetero) is 1. The standard InChI is InChI=1S/C27H30N2O5/c1-16(30)13-28-14-23-24(31)25(32)26(33)27(34-23)29-15-20(21-4-2-3-5-22(21)29)12-17-6-8-18(9-7-17)19-10-11-19/h2-9,14-15,19,23-27,31-33H,10-13H2,1H3/t23-,24-,25+,26-,27-/m1/s1. The van der Waals surface area contributed by atoms with E-state index in [2.05, 4.69) is 29.3 Å². The van der Waals surface area contributed by atoms with Gasteiger partial charge < -0.3 is 24.6 Å². The van der Waals surface area contributed by atoms with Gasteiger partial charge in [0.2, 0.25) is 0 Å². The van der Waals surface area contributed by atoms with E-state index in [0.29, 0.717) is 0 Å². The Morgan fingerprint density at radius 2 is 1.79 bits per heavy atom. The minimum atomic E-state index is -1.42. The number of ether oxygens (including phenoxy) is 1. The maximum absolute atomic E-state index is 11.2. The summed E-state index contributed by atoms with van der Waals surface area (Å²) in [5, 5.41) is 32.7. The predicted octanol–water partition coefficient (Wildman–Crippen LogP) is 2.75. The van der Waals surface area contributed by atoms with Crippen LogP contribution in [0.2, 0.25) is 0 Å². The van der Waals surface area contributed by atoms with E-state index in [1.165, 1.54) is 37.1 Å². The van der Waals surface area contributed by atoms with E-state index < -0.39 is 30.6 Å². The van der Waals surface area contributed by atoms with Gasteiger partial charge in [-0.1, -0.05) is 42.5 Å². The number of carbonyl (C=O) groups excluding carboxylic acids is 1. The van der Waals surface area contributed by atoms with Crippen LogP contribution < -0.4 is 0 Å². The van der Waals surface area contributed by atoms with E-state index in [0.717, 1.165) is 28.8 Å². The molecule has 1 saturated carbocycles. The SMILES string of the molecule is CC(=O)CN=C[C@H]1O[C@@H](n2cc(Cc3ccc(C4CC4)cc3)c3ccccc32)[C@H](O)[C@@H](O)[C@@H]1O. The molecule has 2 aromatic carbocycles. The van der Waals surface area contributed by atoms with Crippen molar-refractivity contribution in [2.45, 2.75) is 62.7 Å². The molecule has 3 N–H and O–H groups in total. The molecule has 1 aliphatic heterocycles. The molecule has 0 unspecified atom stereocenters. The number of aliphatic hydroxyl groups excluding tert-OH is 3. The fourth-order valence-corrected chi connectivity index (χ4v) is 4.70. The summed E-state index contributed by atoms with van der Waals surface area (Å²) < 4.78 is 7.83. The molecular formula is C27H30N2O5. The molecular weight excluding hydrogens is 432 g/mol. The van der Waals surface area contributed by atoms with Crippen LogP contribution in [0.15, 0.2) is 59.7 Å². The average molecular weight is 463 g/mol. The van der Waals surface area contributed by atoms with Crippen molar-refractivity contribution in [2.75, 3.05) is 6.54 Å². The fourth-order valence-electron chi connectivity index (χ4n) is 4.70. The van der Waals surface area contributed by atoms with Crippen molar-refractivity contribution >= 4 is 22.9 Å². The van der Waals surface area contributed by atoms with Crippen LogP contribution in [0, 0.1) is 0 Å². The molecule has 0 radical (unpaired) electrons. The molecule has 7 nitrogen and oxygen atoms in total. The second kappa shape index (κ2) is 9.43. The van der Waals surface area contributed by atoms with E-state index in [-0.39, 0.29) is 12.3 Å². The molecule has 2 heterocycles. The first-order chi connectivity index (χ1) is 16.4. The first-order valence-corrected chi connectivity index (χ1v) is 11.8. The molecule has 2 aliphatic rings. The number of aromatic nitrogens is 1. The summed E-state index contributed by atoms with van der Waals surface area (Å²) in [7, 11) is 0. The number of hydrogen-bond donors (Lipinski definition) is 3. The summed E-state index contributed by atoms with van der Waals surface area (Å²) in [4.78, 5) is 15.2. The zero-order valence-electron chi connectivity index (χ0n) is 19.1. The second-order valence-corrected chi connectivity index (χ2v) is 9.43. The van der Waals surface area contributed by atoms with Gasteiger partial charge in [-0.2, -0.15) is 0 Å². The molecule has 7 heteroatoms. The number of nitrogens with zero attached hydrogens (tertiary/aromatic N) is 2. The summed E-state index contributed by atoms with van der Waals surface area (Å²) in [6.07, 6.45) is 0.550. The zero-order chi connectivity index (χ0) is 23.8. The lowest BCUT2D eigenvalue weighted by Gasteiger charge is -2.40. The van der Waals surface area contributed by atoms with Crippen molar-refractivity contribution in [1.82, 2.24) is 4.57 Å². The topological polar surface area (TPSA) is 104 Å². The number of aliphatic hydroxyl groups is 3. The molecule has 34 heavy (non-hydrogen) atoms. The third-order valence-corrected chi connectivity index (χ3v) is 6.71. The Bertz CT molecular complexity index is 1200. The van der Waals surface area contributed by atoms with Gasteiger partial charge in [-0.15, -0.1) is 0 Å². The van der Waals surface area contributed by atoms with Crippen molar-refractivity contribution in [2.24, 2.45) is 4.99 Å². The summed E-state index contributed by atoms with van der Waals surface area (Å²) in [5.41, 5.74) is 4.53. The number of carbonyl (C=O) groups is 1. The van der Waals surface area contributed by atoms with E-state index in [4.69, 9.17) is 4.74 Å². The molecule has 3 aromatic rings. The van der Waals surface area contributed by atoms with E-state index in [1.54, 1.807) is 0 Å². The lowest BCUT2D eigenvalue weighted by molar-refractivity contribution is -0.225. The van der Waals surface area contributed by atoms with Gasteiger partial charge in [-0.3, -0.25) is 9.79 Å². The third-order valence-electron chi connectivity index (χ3n) is 6.71. The van der Waals surface area contributed by atoms with Crippen LogP contribution in [0.1, 0.15) is 48.6 Å². The second-order valence-electron chi connectivity index (χ2n) is 9.43. The molecule has 0 spiro atoms. The maximum atomic E-state index is 11.2. The number of para-hydroxylation sites is 1. The first kappa shape index (κ1) is 22.9. The lowest BCUT2D eigenvalue weighted by Crippen LogP contribution is -2.55. The smallest absolute Gasteiger partial charge is 0.163 e. The molecule has 2 fully saturated rings. The number of hydrogen-bond acceptors (Lipinski definition) is 6. The van der Waals surface area contributed by atoms with Crippen LogP contribution in [-0.4, -0.2) is 62.8 Å². The van der Waals surface area contributed by atoms with Crippen molar-refractivity contribution in [3.63, 3.8) is 0 Å². The summed E-state index contributed by atoms with van der Waals surface area (Å²) in [5.74, 6) is 0.597. The van der Waals surface area contributed by atoms with Gasteiger partial charge in [0.15, 0.2) is 12.0 Å². The lowest BCUT2D eigenvalue weighted by atomic mass is 9.98. The van der Waals surface area contributed by atoms with Gasteiger partial charge in [0.1, 0.15) is 24.4 Å². The maximum Gasteiger partial charge on any atom is 0.163 e. The predicted molar refractivity (Wildman–Crippen MR) is 129 cm³/mol. The van der Waals surface area contributed by atoms with E-state index >= 15 is 0 Å². The fraction of sp³-hybridized carbons (Fsp3) is 0.407. The highest BCUT2D eigenvalue weighted by atomic mass is 16.5. The highest BCUT2D eigenvalue weighted by Crippen LogP contribution is 2.40. The Hall–Kier alpha value is -2.84. The molecule has 5 rings (SSSR count). The average Bonchev–Trinajstić information content (AvgIpc) is 3.62.